The quantitative estimate of drug-likeness (QED) is 0.616. The first-order chi connectivity index (χ1) is 6.84. The highest BCUT2D eigenvalue weighted by atomic mass is 79.9. The smallest absolute Gasteiger partial charge is 0.130 e. The summed E-state index contributed by atoms with van der Waals surface area (Å²) in [7, 11) is 0. The van der Waals surface area contributed by atoms with E-state index in [0.717, 1.165) is 18.1 Å². The molecule has 1 aromatic carbocycles. The molecule has 1 unspecified atom stereocenters. The van der Waals surface area contributed by atoms with Crippen molar-refractivity contribution in [1.82, 2.24) is 0 Å². The van der Waals surface area contributed by atoms with Crippen LogP contribution in [0.25, 0.3) is 0 Å². The van der Waals surface area contributed by atoms with Gasteiger partial charge in [0.25, 0.3) is 0 Å². The van der Waals surface area contributed by atoms with Crippen molar-refractivity contribution in [2.75, 3.05) is 0 Å². The number of hydrogen-bond acceptors (Lipinski definition) is 0. The molecule has 1 aliphatic carbocycles. The van der Waals surface area contributed by atoms with Crippen LogP contribution in [-0.4, -0.2) is 0 Å². The van der Waals surface area contributed by atoms with Crippen LogP contribution in [-0.2, 0) is 5.41 Å². The predicted octanol–water partition coefficient (Wildman–Crippen LogP) is 4.39. The molecule has 0 spiro atoms. The monoisotopic (exact) mass is 274 g/mol. The van der Waals surface area contributed by atoms with Gasteiger partial charge in [-0.05, 0) is 35.4 Å². The Labute approximate surface area is 96.8 Å². The molecule has 0 N–H and O–H groups in total. The molecule has 0 amide bonds. The Hall–Kier alpha value is -0.440. The molecule has 0 heterocycles. The third-order valence-corrected chi connectivity index (χ3v) is 3.98. The van der Waals surface area contributed by atoms with Gasteiger partial charge in [0.2, 0.25) is 0 Å². The largest absolute Gasteiger partial charge is 0.207 e. The van der Waals surface area contributed by atoms with Gasteiger partial charge in [-0.25, -0.2) is 8.78 Å². The third kappa shape index (κ3) is 1.52. The molecule has 2 rings (SSSR count). The van der Waals surface area contributed by atoms with Gasteiger partial charge >= 0.3 is 0 Å². The van der Waals surface area contributed by atoms with Crippen LogP contribution in [0.15, 0.2) is 6.07 Å². The average Bonchev–Trinajstić information content (AvgIpc) is 2.32. The molecule has 3 heteroatoms. The summed E-state index contributed by atoms with van der Waals surface area (Å²) < 4.78 is 27.1. The predicted molar refractivity (Wildman–Crippen MR) is 60.4 cm³/mol. The summed E-state index contributed by atoms with van der Waals surface area (Å²) in [5.41, 5.74) is 1.83. The molecule has 0 nitrogen and oxygen atoms in total. The minimum absolute atomic E-state index is 0.0627. The zero-order valence-corrected chi connectivity index (χ0v) is 10.6. The Morgan fingerprint density at radius 2 is 1.93 bits per heavy atom. The molecule has 82 valence electrons. The molecule has 1 aliphatic rings. The lowest BCUT2D eigenvalue weighted by molar-refractivity contribution is 0.483. The first kappa shape index (κ1) is 11.1. The Balaban J connectivity index is 2.78. The van der Waals surface area contributed by atoms with Gasteiger partial charge < -0.3 is 0 Å². The summed E-state index contributed by atoms with van der Waals surface area (Å²) >= 11 is 3.50. The van der Waals surface area contributed by atoms with E-state index >= 15 is 0 Å². The van der Waals surface area contributed by atoms with Crippen molar-refractivity contribution < 1.29 is 8.78 Å². The van der Waals surface area contributed by atoms with E-state index in [1.165, 1.54) is 0 Å². The maximum absolute atomic E-state index is 13.7. The Morgan fingerprint density at radius 3 is 2.53 bits per heavy atom. The van der Waals surface area contributed by atoms with Crippen molar-refractivity contribution in [3.8, 4) is 0 Å². The zero-order chi connectivity index (χ0) is 11.4. The van der Waals surface area contributed by atoms with E-state index in [1.807, 2.05) is 13.8 Å². The Morgan fingerprint density at radius 1 is 1.33 bits per heavy atom. The molecule has 0 bridgehead atoms. The van der Waals surface area contributed by atoms with Gasteiger partial charge in [-0.1, -0.05) is 29.8 Å². The lowest BCUT2D eigenvalue weighted by Crippen LogP contribution is -2.14. The van der Waals surface area contributed by atoms with E-state index < -0.39 is 11.6 Å². The Bertz CT molecular complexity index is 424. The summed E-state index contributed by atoms with van der Waals surface area (Å²) in [4.78, 5) is 0.0627. The summed E-state index contributed by atoms with van der Waals surface area (Å²) in [5.74, 6) is -0.867. The molecule has 0 aliphatic heterocycles. The fourth-order valence-electron chi connectivity index (χ4n) is 2.47. The van der Waals surface area contributed by atoms with Gasteiger partial charge in [-0.15, -0.1) is 0 Å². The SMILES string of the molecule is Cc1c(F)cc(F)c2c1C(Br)CC2(C)C. The maximum Gasteiger partial charge on any atom is 0.130 e. The second kappa shape index (κ2) is 3.27. The summed E-state index contributed by atoms with van der Waals surface area (Å²) in [6.45, 7) is 5.70. The van der Waals surface area contributed by atoms with Crippen molar-refractivity contribution in [3.63, 3.8) is 0 Å². The Kier molecular flexibility index (Phi) is 2.41. The van der Waals surface area contributed by atoms with E-state index in [9.17, 15) is 8.78 Å². The first-order valence-electron chi connectivity index (χ1n) is 4.97. The maximum atomic E-state index is 13.7. The number of fused-ring (bicyclic) bond motifs is 1. The number of hydrogen-bond donors (Lipinski definition) is 0. The van der Waals surface area contributed by atoms with Gasteiger partial charge in [-0.3, -0.25) is 0 Å². The molecule has 0 saturated carbocycles. The highest BCUT2D eigenvalue weighted by molar-refractivity contribution is 9.09. The van der Waals surface area contributed by atoms with Gasteiger partial charge in [0.05, 0.1) is 0 Å². The highest BCUT2D eigenvalue weighted by Gasteiger charge is 2.39. The highest BCUT2D eigenvalue weighted by Crippen LogP contribution is 2.51. The lowest BCUT2D eigenvalue weighted by Gasteiger charge is -2.19. The van der Waals surface area contributed by atoms with Crippen molar-refractivity contribution in [3.05, 3.63) is 34.4 Å². The molecule has 0 saturated heterocycles. The number of halogens is 3. The van der Waals surface area contributed by atoms with E-state index in [0.29, 0.717) is 11.1 Å². The number of rotatable bonds is 0. The minimum Gasteiger partial charge on any atom is -0.207 e. The summed E-state index contributed by atoms with van der Waals surface area (Å²) in [5, 5.41) is 0. The van der Waals surface area contributed by atoms with E-state index in [2.05, 4.69) is 15.9 Å². The fourth-order valence-corrected chi connectivity index (χ4v) is 3.85. The average molecular weight is 275 g/mol. The van der Waals surface area contributed by atoms with Crippen molar-refractivity contribution in [2.45, 2.75) is 37.4 Å². The molecule has 1 aromatic rings. The third-order valence-electron chi connectivity index (χ3n) is 3.20. The lowest BCUT2D eigenvalue weighted by atomic mass is 9.85. The van der Waals surface area contributed by atoms with E-state index in [-0.39, 0.29) is 10.2 Å². The van der Waals surface area contributed by atoms with Crippen molar-refractivity contribution in [1.29, 1.82) is 0 Å². The van der Waals surface area contributed by atoms with Crippen LogP contribution in [0.3, 0.4) is 0 Å². The van der Waals surface area contributed by atoms with Crippen LogP contribution in [0, 0.1) is 18.6 Å². The van der Waals surface area contributed by atoms with Crippen molar-refractivity contribution >= 4 is 15.9 Å². The molecule has 0 radical (unpaired) electrons. The summed E-state index contributed by atoms with van der Waals surface area (Å²) in [6.07, 6.45) is 0.809. The van der Waals surface area contributed by atoms with Crippen LogP contribution in [0.4, 0.5) is 8.78 Å². The topological polar surface area (TPSA) is 0 Å². The second-order valence-corrected chi connectivity index (χ2v) is 5.91. The van der Waals surface area contributed by atoms with Crippen molar-refractivity contribution in [2.24, 2.45) is 0 Å². The molecule has 1 atom stereocenters. The molecule has 0 aromatic heterocycles. The van der Waals surface area contributed by atoms with Gasteiger partial charge in [-0.2, -0.15) is 0 Å². The van der Waals surface area contributed by atoms with E-state index in [1.54, 1.807) is 6.92 Å². The van der Waals surface area contributed by atoms with Crippen LogP contribution in [0.5, 0.6) is 0 Å². The minimum atomic E-state index is -0.451. The standard InChI is InChI=1S/C12H13BrF2/c1-6-8(14)4-9(15)11-10(6)7(13)5-12(11,2)3/h4,7H,5H2,1-3H3. The number of alkyl halides is 1. The molecular weight excluding hydrogens is 262 g/mol. The first-order valence-corrected chi connectivity index (χ1v) is 5.89. The second-order valence-electron chi connectivity index (χ2n) is 4.81. The molecule has 0 fully saturated rings. The van der Waals surface area contributed by atoms with Crippen LogP contribution < -0.4 is 0 Å². The molecular formula is C12H13BrF2. The number of benzene rings is 1. The van der Waals surface area contributed by atoms with Crippen LogP contribution >= 0.6 is 15.9 Å². The van der Waals surface area contributed by atoms with Crippen LogP contribution in [0.2, 0.25) is 0 Å². The summed E-state index contributed by atoms with van der Waals surface area (Å²) in [6, 6.07) is 1.00. The van der Waals surface area contributed by atoms with Crippen LogP contribution in [0.1, 0.15) is 41.8 Å². The van der Waals surface area contributed by atoms with E-state index in [4.69, 9.17) is 0 Å². The van der Waals surface area contributed by atoms with Gasteiger partial charge in [0.1, 0.15) is 11.6 Å². The van der Waals surface area contributed by atoms with Gasteiger partial charge in [0, 0.05) is 10.9 Å². The normalized spacial score (nSPS) is 22.9. The molecule has 15 heavy (non-hydrogen) atoms. The van der Waals surface area contributed by atoms with Gasteiger partial charge in [0.15, 0.2) is 0 Å². The fraction of sp³-hybridized carbons (Fsp3) is 0.500. The zero-order valence-electron chi connectivity index (χ0n) is 9.00.